The van der Waals surface area contributed by atoms with Crippen molar-refractivity contribution < 1.29 is 19.4 Å². The van der Waals surface area contributed by atoms with Crippen LogP contribution in [-0.4, -0.2) is 23.6 Å². The summed E-state index contributed by atoms with van der Waals surface area (Å²) in [6.45, 7) is 2.51. The van der Waals surface area contributed by atoms with Crippen LogP contribution in [0.25, 0.3) is 0 Å². The van der Waals surface area contributed by atoms with Gasteiger partial charge in [0.1, 0.15) is 5.75 Å². The molecule has 1 aliphatic rings. The minimum atomic E-state index is -1.08. The molecule has 3 rings (SSSR count). The van der Waals surface area contributed by atoms with E-state index in [0.717, 1.165) is 22.6 Å². The Kier molecular flexibility index (Phi) is 3.85. The van der Waals surface area contributed by atoms with Crippen LogP contribution in [-0.2, 0) is 11.2 Å². The van der Waals surface area contributed by atoms with Crippen molar-refractivity contribution in [3.63, 3.8) is 0 Å². The molecule has 0 bridgehead atoms. The predicted molar refractivity (Wildman–Crippen MR) is 82.5 cm³/mol. The molecule has 1 aliphatic heterocycles. The summed E-state index contributed by atoms with van der Waals surface area (Å²) in [6, 6.07) is 7.70. The highest BCUT2D eigenvalue weighted by Gasteiger charge is 2.25. The lowest BCUT2D eigenvalue weighted by atomic mass is 10.0. The Bertz CT molecular complexity index is 737. The molecule has 2 aromatic rings. The summed E-state index contributed by atoms with van der Waals surface area (Å²) in [4.78, 5) is 25.2. The standard InChI is InChI=1S/C16H15NO4S/c1-9-2-5-13(22-9)15(18)17-14(16(19)20)11-3-4-12-10(8-11)6-7-21-12/h2-5,8,14H,6-7H2,1H3,(H,17,18)(H,19,20)/t14-/m1/s1. The van der Waals surface area contributed by atoms with Crippen molar-refractivity contribution in [3.05, 3.63) is 51.2 Å². The molecule has 1 amide bonds. The van der Waals surface area contributed by atoms with E-state index < -0.39 is 12.0 Å². The molecular formula is C16H15NO4S. The van der Waals surface area contributed by atoms with Crippen LogP contribution in [0.2, 0.25) is 0 Å². The number of benzene rings is 1. The molecule has 1 aromatic heterocycles. The Labute approximate surface area is 131 Å². The van der Waals surface area contributed by atoms with E-state index in [-0.39, 0.29) is 5.91 Å². The topological polar surface area (TPSA) is 75.6 Å². The van der Waals surface area contributed by atoms with E-state index in [2.05, 4.69) is 5.32 Å². The molecule has 0 saturated carbocycles. The number of nitrogens with one attached hydrogen (secondary N) is 1. The van der Waals surface area contributed by atoms with E-state index in [9.17, 15) is 14.7 Å². The minimum absolute atomic E-state index is 0.373. The summed E-state index contributed by atoms with van der Waals surface area (Å²) in [7, 11) is 0. The van der Waals surface area contributed by atoms with Crippen molar-refractivity contribution in [2.75, 3.05) is 6.61 Å². The van der Waals surface area contributed by atoms with Crippen LogP contribution in [0.3, 0.4) is 0 Å². The number of hydrogen-bond acceptors (Lipinski definition) is 4. The molecule has 0 fully saturated rings. The molecule has 1 atom stereocenters. The van der Waals surface area contributed by atoms with Crippen molar-refractivity contribution in [3.8, 4) is 5.75 Å². The first-order chi connectivity index (χ1) is 10.5. The summed E-state index contributed by atoms with van der Waals surface area (Å²) >= 11 is 1.34. The van der Waals surface area contributed by atoms with Gasteiger partial charge in [-0.15, -0.1) is 11.3 Å². The molecule has 0 aliphatic carbocycles. The molecule has 2 N–H and O–H groups in total. The lowest BCUT2D eigenvalue weighted by Gasteiger charge is -2.15. The fourth-order valence-electron chi connectivity index (χ4n) is 2.43. The molecule has 2 heterocycles. The molecule has 0 spiro atoms. The summed E-state index contributed by atoms with van der Waals surface area (Å²) in [5.74, 6) is -0.671. The fraction of sp³-hybridized carbons (Fsp3) is 0.250. The molecule has 22 heavy (non-hydrogen) atoms. The van der Waals surface area contributed by atoms with E-state index in [0.29, 0.717) is 17.0 Å². The molecule has 6 heteroatoms. The number of carbonyl (C=O) groups excluding carboxylic acids is 1. The normalized spacial score (nSPS) is 14.0. The zero-order chi connectivity index (χ0) is 15.7. The number of carboxylic acids is 1. The first-order valence-corrected chi connectivity index (χ1v) is 7.72. The number of amides is 1. The number of carbonyl (C=O) groups is 2. The van der Waals surface area contributed by atoms with Crippen molar-refractivity contribution in [1.82, 2.24) is 5.32 Å². The third-order valence-corrected chi connectivity index (χ3v) is 4.53. The Morgan fingerprint density at radius 3 is 2.82 bits per heavy atom. The average Bonchev–Trinajstić information content (AvgIpc) is 3.11. The van der Waals surface area contributed by atoms with Gasteiger partial charge in [0.25, 0.3) is 5.91 Å². The predicted octanol–water partition coefficient (Wildman–Crippen LogP) is 2.55. The number of carboxylic acid groups (broad SMARTS) is 1. The molecule has 0 radical (unpaired) electrons. The van der Waals surface area contributed by atoms with E-state index in [1.54, 1.807) is 24.3 Å². The second kappa shape index (κ2) is 5.81. The summed E-state index contributed by atoms with van der Waals surface area (Å²) in [5.41, 5.74) is 1.53. The van der Waals surface area contributed by atoms with Gasteiger partial charge in [-0.05, 0) is 42.3 Å². The monoisotopic (exact) mass is 317 g/mol. The van der Waals surface area contributed by atoms with Gasteiger partial charge in [0.2, 0.25) is 0 Å². The van der Waals surface area contributed by atoms with Crippen molar-refractivity contribution >= 4 is 23.2 Å². The largest absolute Gasteiger partial charge is 0.493 e. The minimum Gasteiger partial charge on any atom is -0.493 e. The molecule has 0 unspecified atom stereocenters. The maximum atomic E-state index is 12.2. The van der Waals surface area contributed by atoms with Gasteiger partial charge in [0, 0.05) is 11.3 Å². The van der Waals surface area contributed by atoms with Crippen molar-refractivity contribution in [2.24, 2.45) is 0 Å². The quantitative estimate of drug-likeness (QED) is 0.908. The second-order valence-corrected chi connectivity index (χ2v) is 6.41. The zero-order valence-electron chi connectivity index (χ0n) is 12.0. The SMILES string of the molecule is Cc1ccc(C(=O)N[C@@H](C(=O)O)c2ccc3c(c2)CCO3)s1. The van der Waals surface area contributed by atoms with Gasteiger partial charge in [-0.1, -0.05) is 6.07 Å². The van der Waals surface area contributed by atoms with Crippen LogP contribution < -0.4 is 10.1 Å². The number of rotatable bonds is 4. The van der Waals surface area contributed by atoms with Gasteiger partial charge >= 0.3 is 5.97 Å². The summed E-state index contributed by atoms with van der Waals surface area (Å²) in [5, 5.41) is 12.0. The summed E-state index contributed by atoms with van der Waals surface area (Å²) in [6.07, 6.45) is 0.758. The highest BCUT2D eigenvalue weighted by Crippen LogP contribution is 2.28. The van der Waals surface area contributed by atoms with E-state index in [4.69, 9.17) is 4.74 Å². The average molecular weight is 317 g/mol. The first-order valence-electron chi connectivity index (χ1n) is 6.90. The van der Waals surface area contributed by atoms with Crippen LogP contribution in [0.1, 0.15) is 31.7 Å². The first kappa shape index (κ1) is 14.6. The molecule has 1 aromatic carbocycles. The lowest BCUT2D eigenvalue weighted by molar-refractivity contribution is -0.139. The zero-order valence-corrected chi connectivity index (χ0v) is 12.8. The van der Waals surface area contributed by atoms with Gasteiger partial charge in [-0.2, -0.15) is 0 Å². The molecule has 114 valence electrons. The van der Waals surface area contributed by atoms with Gasteiger partial charge in [0.15, 0.2) is 6.04 Å². The fourth-order valence-corrected chi connectivity index (χ4v) is 3.20. The number of aliphatic carboxylic acids is 1. The lowest BCUT2D eigenvalue weighted by Crippen LogP contribution is -2.33. The molecular weight excluding hydrogens is 302 g/mol. The number of hydrogen-bond donors (Lipinski definition) is 2. The number of fused-ring (bicyclic) bond motifs is 1. The van der Waals surface area contributed by atoms with Gasteiger partial charge in [0.05, 0.1) is 11.5 Å². The van der Waals surface area contributed by atoms with Crippen LogP contribution >= 0.6 is 11.3 Å². The van der Waals surface area contributed by atoms with Gasteiger partial charge < -0.3 is 15.2 Å². The van der Waals surface area contributed by atoms with Crippen LogP contribution in [0.4, 0.5) is 0 Å². The van der Waals surface area contributed by atoms with Crippen LogP contribution in [0.15, 0.2) is 30.3 Å². The Balaban J connectivity index is 1.84. The third-order valence-electron chi connectivity index (χ3n) is 3.53. The Morgan fingerprint density at radius 2 is 2.14 bits per heavy atom. The maximum absolute atomic E-state index is 12.2. The van der Waals surface area contributed by atoms with Gasteiger partial charge in [-0.25, -0.2) is 4.79 Å². The number of aryl methyl sites for hydroxylation is 1. The van der Waals surface area contributed by atoms with Crippen LogP contribution in [0.5, 0.6) is 5.75 Å². The van der Waals surface area contributed by atoms with E-state index >= 15 is 0 Å². The van der Waals surface area contributed by atoms with E-state index in [1.165, 1.54) is 11.3 Å². The maximum Gasteiger partial charge on any atom is 0.330 e. The second-order valence-electron chi connectivity index (χ2n) is 5.12. The van der Waals surface area contributed by atoms with Crippen LogP contribution in [0, 0.1) is 6.92 Å². The highest BCUT2D eigenvalue weighted by molar-refractivity contribution is 7.13. The van der Waals surface area contributed by atoms with Gasteiger partial charge in [-0.3, -0.25) is 4.79 Å². The Morgan fingerprint density at radius 1 is 1.32 bits per heavy atom. The Hall–Kier alpha value is -2.34. The van der Waals surface area contributed by atoms with Crippen molar-refractivity contribution in [2.45, 2.75) is 19.4 Å². The highest BCUT2D eigenvalue weighted by atomic mass is 32.1. The van der Waals surface area contributed by atoms with Crippen molar-refractivity contribution in [1.29, 1.82) is 0 Å². The number of thiophene rings is 1. The molecule has 5 nitrogen and oxygen atoms in total. The summed E-state index contributed by atoms with van der Waals surface area (Å²) < 4.78 is 5.41. The smallest absolute Gasteiger partial charge is 0.330 e. The third kappa shape index (κ3) is 2.82. The number of ether oxygens (including phenoxy) is 1. The van der Waals surface area contributed by atoms with E-state index in [1.807, 2.05) is 13.0 Å². The molecule has 0 saturated heterocycles.